The van der Waals surface area contributed by atoms with Gasteiger partial charge in [-0.2, -0.15) is 10.2 Å². The van der Waals surface area contributed by atoms with Crippen molar-refractivity contribution in [2.75, 3.05) is 13.2 Å². The van der Waals surface area contributed by atoms with E-state index in [2.05, 4.69) is 17.2 Å². The van der Waals surface area contributed by atoms with Crippen LogP contribution < -0.4 is 0 Å². The molecule has 0 bridgehead atoms. The van der Waals surface area contributed by atoms with Gasteiger partial charge in [0.15, 0.2) is 6.04 Å². The van der Waals surface area contributed by atoms with E-state index in [4.69, 9.17) is 4.74 Å². The summed E-state index contributed by atoms with van der Waals surface area (Å²) in [6.45, 7) is 6.80. The molecule has 4 nitrogen and oxygen atoms in total. The molecule has 0 rings (SSSR count). The van der Waals surface area contributed by atoms with E-state index >= 15 is 0 Å². The Morgan fingerprint density at radius 3 is 2.50 bits per heavy atom. The van der Waals surface area contributed by atoms with Gasteiger partial charge >= 0.3 is 5.97 Å². The van der Waals surface area contributed by atoms with Crippen molar-refractivity contribution >= 4 is 5.97 Å². The number of hydrogen-bond donors (Lipinski definition) is 0. The minimum atomic E-state index is -0.462. The number of ether oxygens (including phenoxy) is 1. The zero-order chi connectivity index (χ0) is 12.2. The number of hydrogen-bond acceptors (Lipinski definition) is 4. The number of esters is 1. The van der Waals surface area contributed by atoms with Crippen LogP contribution in [-0.4, -0.2) is 25.2 Å². The molecule has 0 amide bonds. The Hall–Kier alpha value is -0.930. The van der Waals surface area contributed by atoms with Gasteiger partial charge in [-0.15, -0.1) is 0 Å². The summed E-state index contributed by atoms with van der Waals surface area (Å²) in [5.74, 6) is -0.294. The van der Waals surface area contributed by atoms with Gasteiger partial charge in [-0.25, -0.2) is 4.79 Å². The summed E-state index contributed by atoms with van der Waals surface area (Å²) in [4.78, 5) is 11.2. The molecule has 0 aliphatic carbocycles. The van der Waals surface area contributed by atoms with Crippen molar-refractivity contribution in [2.24, 2.45) is 10.2 Å². The molecule has 0 aliphatic heterocycles. The van der Waals surface area contributed by atoms with Crippen LogP contribution in [0.15, 0.2) is 10.2 Å². The highest BCUT2D eigenvalue weighted by molar-refractivity contribution is 5.75. The fraction of sp³-hybridized carbons (Fsp3) is 0.917. The minimum absolute atomic E-state index is 0.294. The van der Waals surface area contributed by atoms with E-state index in [1.807, 2.05) is 0 Å². The minimum Gasteiger partial charge on any atom is -0.464 e. The first-order valence-corrected chi connectivity index (χ1v) is 6.25. The molecule has 0 heterocycles. The van der Waals surface area contributed by atoms with Crippen molar-refractivity contribution in [1.82, 2.24) is 0 Å². The Labute approximate surface area is 98.5 Å². The number of unbranched alkanes of at least 4 members (excludes halogenated alkanes) is 4. The van der Waals surface area contributed by atoms with Crippen LogP contribution in [-0.2, 0) is 9.53 Å². The second-order valence-electron chi connectivity index (χ2n) is 3.82. The normalized spacial score (nSPS) is 12.9. The quantitative estimate of drug-likeness (QED) is 0.345. The standard InChI is InChI=1S/C12H24N2O2/c1-4-6-7-8-9-10-13-14-11(3)12(15)16-5-2/h11H,4-10H2,1-3H3. The second-order valence-corrected chi connectivity index (χ2v) is 3.82. The number of carbonyl (C=O) groups is 1. The van der Waals surface area contributed by atoms with Gasteiger partial charge in [-0.05, 0) is 20.3 Å². The lowest BCUT2D eigenvalue weighted by atomic mass is 10.2. The lowest BCUT2D eigenvalue weighted by Crippen LogP contribution is -2.17. The average Bonchev–Trinajstić information content (AvgIpc) is 2.28. The summed E-state index contributed by atoms with van der Waals surface area (Å²) >= 11 is 0. The number of rotatable bonds is 9. The summed E-state index contributed by atoms with van der Waals surface area (Å²) in [5, 5.41) is 7.91. The second kappa shape index (κ2) is 10.6. The van der Waals surface area contributed by atoms with E-state index in [0.717, 1.165) is 6.42 Å². The molecule has 1 unspecified atom stereocenters. The third-order valence-corrected chi connectivity index (χ3v) is 2.24. The molecule has 1 atom stereocenters. The summed E-state index contributed by atoms with van der Waals surface area (Å²) in [7, 11) is 0. The van der Waals surface area contributed by atoms with Crippen molar-refractivity contribution in [3.63, 3.8) is 0 Å². The maximum absolute atomic E-state index is 11.2. The fourth-order valence-corrected chi connectivity index (χ4v) is 1.28. The molecule has 0 aliphatic rings. The van der Waals surface area contributed by atoms with Crippen molar-refractivity contribution in [3.8, 4) is 0 Å². The van der Waals surface area contributed by atoms with E-state index in [0.29, 0.717) is 13.2 Å². The average molecular weight is 228 g/mol. The van der Waals surface area contributed by atoms with Crippen molar-refractivity contribution in [1.29, 1.82) is 0 Å². The number of azo groups is 1. The fourth-order valence-electron chi connectivity index (χ4n) is 1.28. The van der Waals surface area contributed by atoms with Crippen molar-refractivity contribution in [3.05, 3.63) is 0 Å². The summed E-state index contributed by atoms with van der Waals surface area (Å²) in [6.07, 6.45) is 6.05. The lowest BCUT2D eigenvalue weighted by Gasteiger charge is -2.03. The molecule has 0 saturated heterocycles. The third kappa shape index (κ3) is 8.38. The van der Waals surface area contributed by atoms with Crippen LogP contribution in [0.2, 0.25) is 0 Å². The SMILES string of the molecule is CCCCCCCN=NC(C)C(=O)OCC. The van der Waals surface area contributed by atoms with Gasteiger partial charge in [0.2, 0.25) is 0 Å². The highest BCUT2D eigenvalue weighted by atomic mass is 16.5. The van der Waals surface area contributed by atoms with Gasteiger partial charge in [0, 0.05) is 0 Å². The lowest BCUT2D eigenvalue weighted by molar-refractivity contribution is -0.144. The van der Waals surface area contributed by atoms with Crippen LogP contribution in [0.5, 0.6) is 0 Å². The Morgan fingerprint density at radius 2 is 1.88 bits per heavy atom. The zero-order valence-corrected chi connectivity index (χ0v) is 10.7. The molecule has 0 aromatic carbocycles. The van der Waals surface area contributed by atoms with Crippen LogP contribution in [0, 0.1) is 0 Å². The molecule has 0 fully saturated rings. The summed E-state index contributed by atoms with van der Waals surface area (Å²) in [5.41, 5.74) is 0. The topological polar surface area (TPSA) is 51.0 Å². The smallest absolute Gasteiger partial charge is 0.332 e. The van der Waals surface area contributed by atoms with Gasteiger partial charge in [-0.3, -0.25) is 0 Å². The molecule has 94 valence electrons. The molecular weight excluding hydrogens is 204 g/mol. The van der Waals surface area contributed by atoms with Gasteiger partial charge < -0.3 is 4.74 Å². The Balaban J connectivity index is 3.48. The number of nitrogens with zero attached hydrogens (tertiary/aromatic N) is 2. The first kappa shape index (κ1) is 15.1. The van der Waals surface area contributed by atoms with Crippen LogP contribution in [0.1, 0.15) is 52.9 Å². The largest absolute Gasteiger partial charge is 0.464 e. The van der Waals surface area contributed by atoms with Crippen LogP contribution >= 0.6 is 0 Å². The van der Waals surface area contributed by atoms with E-state index < -0.39 is 6.04 Å². The van der Waals surface area contributed by atoms with Gasteiger partial charge in [0.25, 0.3) is 0 Å². The van der Waals surface area contributed by atoms with E-state index in [1.165, 1.54) is 25.7 Å². The summed E-state index contributed by atoms with van der Waals surface area (Å²) < 4.78 is 4.82. The van der Waals surface area contributed by atoms with E-state index in [1.54, 1.807) is 13.8 Å². The predicted octanol–water partition coefficient (Wildman–Crippen LogP) is 3.36. The van der Waals surface area contributed by atoms with Gasteiger partial charge in [0.1, 0.15) is 0 Å². The molecule has 16 heavy (non-hydrogen) atoms. The molecule has 0 saturated carbocycles. The number of carbonyl (C=O) groups excluding carboxylic acids is 1. The highest BCUT2D eigenvalue weighted by Crippen LogP contribution is 2.03. The molecule has 0 spiro atoms. The third-order valence-electron chi connectivity index (χ3n) is 2.24. The Bertz CT molecular complexity index is 205. The van der Waals surface area contributed by atoms with Crippen LogP contribution in [0.4, 0.5) is 0 Å². The Morgan fingerprint density at radius 1 is 1.19 bits per heavy atom. The van der Waals surface area contributed by atoms with Crippen LogP contribution in [0.25, 0.3) is 0 Å². The Kier molecular flexibility index (Phi) is 9.97. The van der Waals surface area contributed by atoms with Crippen molar-refractivity contribution in [2.45, 2.75) is 58.9 Å². The molecule has 4 heteroatoms. The molecule has 0 radical (unpaired) electrons. The summed E-state index contributed by atoms with van der Waals surface area (Å²) in [6, 6.07) is -0.462. The van der Waals surface area contributed by atoms with Gasteiger partial charge in [-0.1, -0.05) is 32.6 Å². The van der Waals surface area contributed by atoms with Crippen molar-refractivity contribution < 1.29 is 9.53 Å². The molecular formula is C12H24N2O2. The monoisotopic (exact) mass is 228 g/mol. The van der Waals surface area contributed by atoms with Crippen LogP contribution in [0.3, 0.4) is 0 Å². The van der Waals surface area contributed by atoms with E-state index in [-0.39, 0.29) is 5.97 Å². The maximum atomic E-state index is 11.2. The molecule has 0 N–H and O–H groups in total. The molecule has 0 aromatic heterocycles. The predicted molar refractivity (Wildman–Crippen MR) is 64.6 cm³/mol. The first-order chi connectivity index (χ1) is 7.72. The molecule has 0 aromatic rings. The maximum Gasteiger partial charge on any atom is 0.332 e. The van der Waals surface area contributed by atoms with Gasteiger partial charge in [0.05, 0.1) is 13.2 Å². The van der Waals surface area contributed by atoms with E-state index in [9.17, 15) is 4.79 Å². The zero-order valence-electron chi connectivity index (χ0n) is 10.7. The highest BCUT2D eigenvalue weighted by Gasteiger charge is 2.11. The first-order valence-electron chi connectivity index (χ1n) is 6.25.